The largest absolute Gasteiger partial charge is 0.395 e. The Balaban J connectivity index is 1.36. The molecule has 0 saturated carbocycles. The Kier molecular flexibility index (Phi) is 6.07. The Labute approximate surface area is 184 Å². The van der Waals surface area contributed by atoms with Crippen molar-refractivity contribution in [1.29, 1.82) is 0 Å². The SMILES string of the molecule is OC[C@H]1[C@@H](c2ccc(-c3cccnc3)cc2)[C@H]2CN(Cc3ccccn3)CCCCN21. The van der Waals surface area contributed by atoms with Crippen molar-refractivity contribution in [3.05, 3.63) is 84.4 Å². The van der Waals surface area contributed by atoms with Gasteiger partial charge in [0.1, 0.15) is 0 Å². The van der Waals surface area contributed by atoms with Crippen molar-refractivity contribution in [1.82, 2.24) is 19.8 Å². The highest BCUT2D eigenvalue weighted by Crippen LogP contribution is 2.42. The molecule has 5 heteroatoms. The van der Waals surface area contributed by atoms with Gasteiger partial charge in [-0.3, -0.25) is 19.8 Å². The van der Waals surface area contributed by atoms with E-state index in [0.29, 0.717) is 12.0 Å². The monoisotopic (exact) mass is 414 g/mol. The van der Waals surface area contributed by atoms with Crippen molar-refractivity contribution in [2.75, 3.05) is 26.2 Å². The van der Waals surface area contributed by atoms with Gasteiger partial charge in [-0.25, -0.2) is 0 Å². The minimum atomic E-state index is 0.212. The van der Waals surface area contributed by atoms with E-state index in [1.807, 2.05) is 24.5 Å². The topological polar surface area (TPSA) is 52.5 Å². The molecule has 2 saturated heterocycles. The first-order valence-corrected chi connectivity index (χ1v) is 11.3. The van der Waals surface area contributed by atoms with Gasteiger partial charge in [0.05, 0.1) is 12.3 Å². The zero-order valence-corrected chi connectivity index (χ0v) is 17.8. The molecule has 2 aromatic heterocycles. The van der Waals surface area contributed by atoms with Gasteiger partial charge in [-0.1, -0.05) is 36.4 Å². The van der Waals surface area contributed by atoms with Gasteiger partial charge in [-0.05, 0) is 60.8 Å². The lowest BCUT2D eigenvalue weighted by molar-refractivity contribution is -0.0656. The first-order chi connectivity index (χ1) is 15.3. The molecule has 5 rings (SSSR count). The minimum absolute atomic E-state index is 0.212. The summed E-state index contributed by atoms with van der Waals surface area (Å²) in [5, 5.41) is 10.2. The summed E-state index contributed by atoms with van der Waals surface area (Å²) in [7, 11) is 0. The second kappa shape index (κ2) is 9.27. The molecule has 0 aliphatic carbocycles. The molecule has 3 aromatic rings. The van der Waals surface area contributed by atoms with Crippen LogP contribution < -0.4 is 0 Å². The standard InChI is InChI=1S/C26H30N4O/c31-19-25-26(21-10-8-20(9-11-21)22-6-5-12-27-16-22)24-18-29(14-3-4-15-30(24)25)17-23-7-1-2-13-28-23/h1-2,5-13,16,24-26,31H,3-4,14-15,17-19H2/t24-,25+,26+/m1/s1. The minimum Gasteiger partial charge on any atom is -0.395 e. The maximum atomic E-state index is 10.2. The maximum Gasteiger partial charge on any atom is 0.0593 e. The maximum absolute atomic E-state index is 10.2. The molecular weight excluding hydrogens is 384 g/mol. The van der Waals surface area contributed by atoms with Gasteiger partial charge >= 0.3 is 0 Å². The lowest BCUT2D eigenvalue weighted by Crippen LogP contribution is -2.67. The van der Waals surface area contributed by atoms with Crippen LogP contribution in [0.3, 0.4) is 0 Å². The highest BCUT2D eigenvalue weighted by atomic mass is 16.3. The quantitative estimate of drug-likeness (QED) is 0.692. The highest BCUT2D eigenvalue weighted by Gasteiger charge is 2.49. The number of aromatic nitrogens is 2. The summed E-state index contributed by atoms with van der Waals surface area (Å²) < 4.78 is 0. The van der Waals surface area contributed by atoms with Crippen molar-refractivity contribution in [2.45, 2.75) is 37.4 Å². The van der Waals surface area contributed by atoms with E-state index in [1.54, 1.807) is 6.20 Å². The van der Waals surface area contributed by atoms with Gasteiger partial charge in [-0.2, -0.15) is 0 Å². The van der Waals surface area contributed by atoms with Crippen molar-refractivity contribution in [3.63, 3.8) is 0 Å². The smallest absolute Gasteiger partial charge is 0.0593 e. The lowest BCUT2D eigenvalue weighted by Gasteiger charge is -2.57. The van der Waals surface area contributed by atoms with Crippen LogP contribution in [0.4, 0.5) is 0 Å². The third-order valence-electron chi connectivity index (χ3n) is 6.86. The van der Waals surface area contributed by atoms with Crippen LogP contribution in [-0.4, -0.2) is 63.2 Å². The second-order valence-electron chi connectivity index (χ2n) is 8.71. The van der Waals surface area contributed by atoms with Crippen molar-refractivity contribution in [2.24, 2.45) is 0 Å². The number of hydrogen-bond donors (Lipinski definition) is 1. The van der Waals surface area contributed by atoms with E-state index < -0.39 is 0 Å². The van der Waals surface area contributed by atoms with Crippen LogP contribution in [-0.2, 0) is 6.54 Å². The number of aliphatic hydroxyl groups excluding tert-OH is 1. The predicted octanol–water partition coefficient (Wildman–Crippen LogP) is 3.57. The molecule has 2 aliphatic rings. The Morgan fingerprint density at radius 2 is 1.77 bits per heavy atom. The van der Waals surface area contributed by atoms with E-state index in [4.69, 9.17) is 0 Å². The summed E-state index contributed by atoms with van der Waals surface area (Å²) in [6, 6.07) is 19.7. The van der Waals surface area contributed by atoms with E-state index in [2.05, 4.69) is 62.2 Å². The number of benzene rings is 1. The molecule has 0 radical (unpaired) electrons. The van der Waals surface area contributed by atoms with Crippen LogP contribution in [0.25, 0.3) is 11.1 Å². The van der Waals surface area contributed by atoms with Crippen LogP contribution in [0.2, 0.25) is 0 Å². The zero-order valence-electron chi connectivity index (χ0n) is 17.8. The molecule has 31 heavy (non-hydrogen) atoms. The summed E-state index contributed by atoms with van der Waals surface area (Å²) in [5.41, 5.74) is 4.77. The van der Waals surface area contributed by atoms with E-state index in [1.165, 1.54) is 24.0 Å². The number of pyridine rings is 2. The third-order valence-corrected chi connectivity index (χ3v) is 6.86. The normalized spacial score (nSPS) is 24.6. The van der Waals surface area contributed by atoms with Gasteiger partial charge in [-0.15, -0.1) is 0 Å². The molecule has 0 unspecified atom stereocenters. The second-order valence-corrected chi connectivity index (χ2v) is 8.71. The van der Waals surface area contributed by atoms with Crippen LogP contribution >= 0.6 is 0 Å². The van der Waals surface area contributed by atoms with E-state index >= 15 is 0 Å². The Morgan fingerprint density at radius 1 is 0.903 bits per heavy atom. The zero-order chi connectivity index (χ0) is 21.0. The molecule has 5 nitrogen and oxygen atoms in total. The van der Waals surface area contributed by atoms with Crippen molar-refractivity contribution < 1.29 is 5.11 Å². The first kappa shape index (κ1) is 20.3. The summed E-state index contributed by atoms with van der Waals surface area (Å²) >= 11 is 0. The fourth-order valence-corrected chi connectivity index (χ4v) is 5.31. The Morgan fingerprint density at radius 3 is 2.52 bits per heavy atom. The number of nitrogens with zero attached hydrogens (tertiary/aromatic N) is 4. The van der Waals surface area contributed by atoms with Crippen LogP contribution in [0.1, 0.15) is 30.0 Å². The lowest BCUT2D eigenvalue weighted by atomic mass is 9.74. The molecule has 0 amide bonds. The van der Waals surface area contributed by atoms with E-state index in [-0.39, 0.29) is 12.6 Å². The molecule has 4 heterocycles. The molecule has 1 N–H and O–H groups in total. The molecule has 2 fully saturated rings. The Hall–Kier alpha value is -2.60. The summed E-state index contributed by atoms with van der Waals surface area (Å²) in [4.78, 5) is 13.8. The first-order valence-electron chi connectivity index (χ1n) is 11.3. The number of fused-ring (bicyclic) bond motifs is 1. The average molecular weight is 415 g/mol. The predicted molar refractivity (Wildman–Crippen MR) is 123 cm³/mol. The molecule has 1 aromatic carbocycles. The van der Waals surface area contributed by atoms with Crippen molar-refractivity contribution in [3.8, 4) is 11.1 Å². The van der Waals surface area contributed by atoms with Gasteiger partial charge < -0.3 is 5.11 Å². The number of aliphatic hydroxyl groups is 1. The van der Waals surface area contributed by atoms with Gasteiger partial charge in [0, 0.05) is 49.7 Å². The fourth-order valence-electron chi connectivity index (χ4n) is 5.31. The van der Waals surface area contributed by atoms with E-state index in [0.717, 1.165) is 37.4 Å². The third kappa shape index (κ3) is 4.26. The molecule has 3 atom stereocenters. The molecule has 0 spiro atoms. The fraction of sp³-hybridized carbons (Fsp3) is 0.385. The number of rotatable bonds is 5. The molecule has 2 aliphatic heterocycles. The number of hydrogen-bond acceptors (Lipinski definition) is 5. The summed E-state index contributed by atoms with van der Waals surface area (Å²) in [6.07, 6.45) is 7.96. The highest BCUT2D eigenvalue weighted by molar-refractivity contribution is 5.62. The van der Waals surface area contributed by atoms with Crippen LogP contribution in [0, 0.1) is 0 Å². The summed E-state index contributed by atoms with van der Waals surface area (Å²) in [6.45, 7) is 4.31. The molecule has 160 valence electrons. The Bertz CT molecular complexity index is 964. The van der Waals surface area contributed by atoms with Gasteiger partial charge in [0.2, 0.25) is 0 Å². The van der Waals surface area contributed by atoms with Crippen LogP contribution in [0.15, 0.2) is 73.2 Å². The molecule has 0 bridgehead atoms. The van der Waals surface area contributed by atoms with E-state index in [9.17, 15) is 5.11 Å². The summed E-state index contributed by atoms with van der Waals surface area (Å²) in [5.74, 6) is 0.359. The molecular formula is C26H30N4O. The van der Waals surface area contributed by atoms with Crippen LogP contribution in [0.5, 0.6) is 0 Å². The van der Waals surface area contributed by atoms with Gasteiger partial charge in [0.25, 0.3) is 0 Å². The van der Waals surface area contributed by atoms with Crippen molar-refractivity contribution >= 4 is 0 Å². The van der Waals surface area contributed by atoms with Gasteiger partial charge in [0.15, 0.2) is 0 Å². The average Bonchev–Trinajstić information content (AvgIpc) is 2.81.